The summed E-state index contributed by atoms with van der Waals surface area (Å²) in [6, 6.07) is 3.06. The van der Waals surface area contributed by atoms with Gasteiger partial charge in [-0.05, 0) is 24.5 Å². The molecule has 1 fully saturated rings. The Morgan fingerprint density at radius 3 is 2.82 bits per heavy atom. The molecular weight excluding hydrogens is 242 g/mol. The van der Waals surface area contributed by atoms with E-state index in [2.05, 4.69) is 5.32 Å². The van der Waals surface area contributed by atoms with Crippen LogP contribution >= 0.6 is 11.3 Å². The van der Waals surface area contributed by atoms with Crippen LogP contribution in [0.4, 0.5) is 5.00 Å². The second kappa shape index (κ2) is 4.85. The third-order valence-corrected chi connectivity index (χ3v) is 3.70. The first-order valence-electron chi connectivity index (χ1n) is 5.33. The van der Waals surface area contributed by atoms with Crippen molar-refractivity contribution in [3.8, 4) is 0 Å². The van der Waals surface area contributed by atoms with Gasteiger partial charge in [0.2, 0.25) is 0 Å². The number of carboxylic acid groups (broad SMARTS) is 1. The van der Waals surface area contributed by atoms with Crippen molar-refractivity contribution in [1.29, 1.82) is 0 Å². The largest absolute Gasteiger partial charge is 0.477 e. The van der Waals surface area contributed by atoms with Gasteiger partial charge in [0.05, 0.1) is 5.00 Å². The fraction of sp³-hybridized carbons (Fsp3) is 0.455. The number of hydrogen-bond acceptors (Lipinski definition) is 4. The summed E-state index contributed by atoms with van der Waals surface area (Å²) < 4.78 is 5.33. The number of hydrogen-bond donors (Lipinski definition) is 2. The molecule has 0 aromatic carbocycles. The molecule has 1 aromatic heterocycles. The number of carboxylic acids is 1. The maximum absolute atomic E-state index is 11.8. The normalized spacial score (nSPS) is 23.6. The number of amides is 1. The Balaban J connectivity index is 2.00. The van der Waals surface area contributed by atoms with E-state index in [-0.39, 0.29) is 16.7 Å². The molecule has 92 valence electrons. The maximum Gasteiger partial charge on any atom is 0.345 e. The van der Waals surface area contributed by atoms with Gasteiger partial charge in [-0.25, -0.2) is 4.79 Å². The van der Waals surface area contributed by atoms with Crippen LogP contribution in [0.5, 0.6) is 0 Å². The van der Waals surface area contributed by atoms with Gasteiger partial charge in [0.25, 0.3) is 5.91 Å². The third-order valence-electron chi connectivity index (χ3n) is 2.71. The molecule has 6 heteroatoms. The van der Waals surface area contributed by atoms with E-state index in [0.717, 1.165) is 17.8 Å². The van der Waals surface area contributed by atoms with Crippen LogP contribution in [0.3, 0.4) is 0 Å². The van der Waals surface area contributed by atoms with Gasteiger partial charge in [-0.3, -0.25) is 4.79 Å². The Labute approximate surface area is 102 Å². The molecule has 2 N–H and O–H groups in total. The zero-order valence-electron chi connectivity index (χ0n) is 9.30. The molecule has 0 aliphatic carbocycles. The minimum atomic E-state index is -0.985. The highest BCUT2D eigenvalue weighted by molar-refractivity contribution is 7.18. The Hall–Kier alpha value is -1.40. The van der Waals surface area contributed by atoms with E-state index in [1.807, 2.05) is 6.92 Å². The summed E-state index contributed by atoms with van der Waals surface area (Å²) in [5.74, 6) is -0.983. The number of anilines is 1. The summed E-state index contributed by atoms with van der Waals surface area (Å²) in [7, 11) is 0. The summed E-state index contributed by atoms with van der Waals surface area (Å²) >= 11 is 1.04. The van der Waals surface area contributed by atoms with E-state index in [0.29, 0.717) is 11.6 Å². The Morgan fingerprint density at radius 1 is 1.53 bits per heavy atom. The van der Waals surface area contributed by atoms with Crippen LogP contribution in [0.15, 0.2) is 12.1 Å². The van der Waals surface area contributed by atoms with E-state index < -0.39 is 12.1 Å². The molecule has 2 rings (SSSR count). The van der Waals surface area contributed by atoms with E-state index in [9.17, 15) is 9.59 Å². The van der Waals surface area contributed by atoms with Crippen molar-refractivity contribution in [2.45, 2.75) is 19.4 Å². The predicted octanol–water partition coefficient (Wildman–Crippen LogP) is 1.81. The molecular formula is C11H13NO4S. The lowest BCUT2D eigenvalue weighted by atomic mass is 10.0. The molecule has 2 heterocycles. The fourth-order valence-electron chi connectivity index (χ4n) is 1.74. The average Bonchev–Trinajstić information content (AvgIpc) is 2.86. The van der Waals surface area contributed by atoms with Crippen molar-refractivity contribution in [3.63, 3.8) is 0 Å². The van der Waals surface area contributed by atoms with Crippen LogP contribution in [0.1, 0.15) is 23.0 Å². The lowest BCUT2D eigenvalue weighted by Crippen LogP contribution is -2.30. The van der Waals surface area contributed by atoms with E-state index in [1.54, 1.807) is 6.07 Å². The molecule has 1 aromatic rings. The summed E-state index contributed by atoms with van der Waals surface area (Å²) in [5, 5.41) is 12.0. The van der Waals surface area contributed by atoms with E-state index in [4.69, 9.17) is 9.84 Å². The van der Waals surface area contributed by atoms with Gasteiger partial charge in [-0.2, -0.15) is 0 Å². The molecule has 0 saturated carbocycles. The molecule has 1 saturated heterocycles. The molecule has 0 bridgehead atoms. The first-order valence-corrected chi connectivity index (χ1v) is 6.15. The standard InChI is InChI=1S/C11H13NO4S/c1-6-4-5-16-9(6)10(13)12-8-3-2-7(17-8)11(14)15/h2-3,6,9H,4-5H2,1H3,(H,12,13)(H,14,15). The molecule has 1 aliphatic rings. The fourth-order valence-corrected chi connectivity index (χ4v) is 2.49. The average molecular weight is 255 g/mol. The number of nitrogens with one attached hydrogen (secondary N) is 1. The molecule has 2 unspecified atom stereocenters. The van der Waals surface area contributed by atoms with Gasteiger partial charge in [0.15, 0.2) is 0 Å². The number of carbonyl (C=O) groups excluding carboxylic acids is 1. The highest BCUT2D eigenvalue weighted by Gasteiger charge is 2.31. The Bertz CT molecular complexity index is 442. The highest BCUT2D eigenvalue weighted by Crippen LogP contribution is 2.25. The van der Waals surface area contributed by atoms with Crippen LogP contribution in [0.25, 0.3) is 0 Å². The van der Waals surface area contributed by atoms with Gasteiger partial charge in [0, 0.05) is 6.61 Å². The summed E-state index contributed by atoms with van der Waals surface area (Å²) in [4.78, 5) is 22.7. The van der Waals surface area contributed by atoms with Crippen LogP contribution in [0, 0.1) is 5.92 Å². The smallest absolute Gasteiger partial charge is 0.345 e. The first-order chi connectivity index (χ1) is 8.08. The molecule has 1 aliphatic heterocycles. The number of thiophene rings is 1. The monoisotopic (exact) mass is 255 g/mol. The van der Waals surface area contributed by atoms with Crippen molar-refractivity contribution in [2.75, 3.05) is 11.9 Å². The zero-order valence-corrected chi connectivity index (χ0v) is 10.1. The lowest BCUT2D eigenvalue weighted by molar-refractivity contribution is -0.126. The number of rotatable bonds is 3. The second-order valence-corrected chi connectivity index (χ2v) is 5.10. The second-order valence-electron chi connectivity index (χ2n) is 4.02. The number of aromatic carboxylic acids is 1. The van der Waals surface area contributed by atoms with Crippen molar-refractivity contribution in [2.24, 2.45) is 5.92 Å². The van der Waals surface area contributed by atoms with Crippen LogP contribution in [-0.4, -0.2) is 29.7 Å². The zero-order chi connectivity index (χ0) is 12.4. The summed E-state index contributed by atoms with van der Waals surface area (Å²) in [5.41, 5.74) is 0. The van der Waals surface area contributed by atoms with E-state index in [1.165, 1.54) is 6.07 Å². The molecule has 17 heavy (non-hydrogen) atoms. The van der Waals surface area contributed by atoms with E-state index >= 15 is 0 Å². The topological polar surface area (TPSA) is 75.6 Å². The number of carbonyl (C=O) groups is 2. The van der Waals surface area contributed by atoms with Gasteiger partial charge < -0.3 is 15.2 Å². The molecule has 0 radical (unpaired) electrons. The minimum absolute atomic E-state index is 0.200. The van der Waals surface area contributed by atoms with Crippen LogP contribution in [-0.2, 0) is 9.53 Å². The molecule has 5 nitrogen and oxygen atoms in total. The first kappa shape index (κ1) is 12.1. The van der Waals surface area contributed by atoms with Gasteiger partial charge in [0.1, 0.15) is 11.0 Å². The van der Waals surface area contributed by atoms with Gasteiger partial charge in [-0.1, -0.05) is 6.92 Å². The Kier molecular flexibility index (Phi) is 3.44. The summed E-state index contributed by atoms with van der Waals surface area (Å²) in [6.07, 6.45) is 0.452. The molecule has 1 amide bonds. The predicted molar refractivity (Wildman–Crippen MR) is 63.4 cm³/mol. The van der Waals surface area contributed by atoms with Crippen LogP contribution in [0.2, 0.25) is 0 Å². The van der Waals surface area contributed by atoms with Gasteiger partial charge >= 0.3 is 5.97 Å². The quantitative estimate of drug-likeness (QED) is 0.863. The highest BCUT2D eigenvalue weighted by atomic mass is 32.1. The molecule has 0 spiro atoms. The maximum atomic E-state index is 11.8. The lowest BCUT2D eigenvalue weighted by Gasteiger charge is -2.13. The van der Waals surface area contributed by atoms with Crippen molar-refractivity contribution >= 4 is 28.2 Å². The third kappa shape index (κ3) is 2.65. The van der Waals surface area contributed by atoms with Gasteiger partial charge in [-0.15, -0.1) is 11.3 Å². The van der Waals surface area contributed by atoms with Crippen LogP contribution < -0.4 is 5.32 Å². The minimum Gasteiger partial charge on any atom is -0.477 e. The van der Waals surface area contributed by atoms with Crippen molar-refractivity contribution in [3.05, 3.63) is 17.0 Å². The van der Waals surface area contributed by atoms with Crippen molar-refractivity contribution < 1.29 is 19.4 Å². The number of ether oxygens (including phenoxy) is 1. The van der Waals surface area contributed by atoms with Crippen molar-refractivity contribution in [1.82, 2.24) is 0 Å². The summed E-state index contributed by atoms with van der Waals surface area (Å²) in [6.45, 7) is 2.57. The molecule has 2 atom stereocenters. The SMILES string of the molecule is CC1CCOC1C(=O)Nc1ccc(C(=O)O)s1. The Morgan fingerprint density at radius 2 is 2.29 bits per heavy atom.